The summed E-state index contributed by atoms with van der Waals surface area (Å²) in [6.07, 6.45) is 2.28. The second-order valence-corrected chi connectivity index (χ2v) is 18.1. The van der Waals surface area contributed by atoms with Crippen LogP contribution in [0.4, 0.5) is 0 Å². The number of pyridine rings is 1. The number of rotatable bonds is 4. The molecule has 0 fully saturated rings. The van der Waals surface area contributed by atoms with Crippen LogP contribution in [0.15, 0.2) is 126 Å². The zero-order valence-corrected chi connectivity index (χ0v) is 26.8. The number of fused-ring (bicyclic) bond motifs is 6. The van der Waals surface area contributed by atoms with Crippen molar-refractivity contribution < 1.29 is 8.98 Å². The fourth-order valence-corrected chi connectivity index (χ4v) is 7.92. The number of aromatic nitrogens is 2. The maximum Gasteiger partial charge on any atom is 0.218 e. The third-order valence-corrected chi connectivity index (χ3v) is 11.2. The van der Waals surface area contributed by atoms with E-state index in [1.54, 1.807) is 0 Å². The molecule has 0 radical (unpaired) electrons. The molecule has 8 aromatic rings. The Morgan fingerprint density at radius 2 is 1.30 bits per heavy atom. The van der Waals surface area contributed by atoms with Gasteiger partial charge in [0.15, 0.2) is 6.20 Å². The number of nitrogens with zero attached hydrogens (tertiary/aromatic N) is 2. The quantitative estimate of drug-likeness (QED) is 0.148. The molecule has 5 aromatic carbocycles. The van der Waals surface area contributed by atoms with Crippen LogP contribution in [0.5, 0.6) is 0 Å². The summed E-state index contributed by atoms with van der Waals surface area (Å²) in [5, 5.41) is 6.26. The Morgan fingerprint density at radius 3 is 2.02 bits per heavy atom. The van der Waals surface area contributed by atoms with E-state index in [4.69, 9.17) is 4.42 Å². The van der Waals surface area contributed by atoms with Crippen LogP contribution in [0.3, 0.4) is 0 Å². The van der Waals surface area contributed by atoms with Crippen molar-refractivity contribution in [2.75, 3.05) is 0 Å². The molecule has 0 N–H and O–H groups in total. The van der Waals surface area contributed by atoms with Gasteiger partial charge in [0, 0.05) is 27.9 Å². The fraction of sp³-hybridized carbons (Fsp3) is 0.125. The molecule has 3 aromatic heterocycles. The lowest BCUT2D eigenvalue weighted by atomic mass is 10.00. The van der Waals surface area contributed by atoms with Crippen LogP contribution >= 0.6 is 0 Å². The SMILES string of the molecule is Cc1ccc2c(oc3ccccc32)c1-c1cc2c(c[n+]1C)c1ccccc1n2-c1ccc(-c2ccc([Si](C)(C)C)cc2)cc1. The third kappa shape index (κ3) is 4.13. The minimum Gasteiger partial charge on any atom is -0.455 e. The summed E-state index contributed by atoms with van der Waals surface area (Å²) in [6.45, 7) is 9.36. The molecule has 0 amide bonds. The molecule has 44 heavy (non-hydrogen) atoms. The average molecular weight is 588 g/mol. The normalized spacial score (nSPS) is 12.2. The van der Waals surface area contributed by atoms with Gasteiger partial charge < -0.3 is 8.98 Å². The zero-order valence-electron chi connectivity index (χ0n) is 25.8. The standard InChI is InChI=1S/C40H35N2OSi/c1-26-14-23-33-32-11-7-9-13-38(32)43-40(33)39(26)37-24-36-34(25-41(37)2)31-10-6-8-12-35(31)42(36)29-19-15-27(16-20-29)28-17-21-30(22-18-28)44(3,4)5/h6-25H,1-5H3/q+1. The predicted octanol–water partition coefficient (Wildman–Crippen LogP) is 9.70. The average Bonchev–Trinajstić information content (AvgIpc) is 3.56. The number of furan rings is 1. The molecule has 0 saturated carbocycles. The highest BCUT2D eigenvalue weighted by molar-refractivity contribution is 6.88. The Balaban J connectivity index is 1.32. The predicted molar refractivity (Wildman–Crippen MR) is 188 cm³/mol. The van der Waals surface area contributed by atoms with Crippen molar-refractivity contribution in [1.29, 1.82) is 0 Å². The van der Waals surface area contributed by atoms with Gasteiger partial charge in [0.05, 0.1) is 30.1 Å². The van der Waals surface area contributed by atoms with Crippen molar-refractivity contribution in [3.63, 3.8) is 0 Å². The Labute approximate surface area is 258 Å². The van der Waals surface area contributed by atoms with E-state index in [-0.39, 0.29) is 0 Å². The first-order valence-corrected chi connectivity index (χ1v) is 18.8. The molecule has 0 spiro atoms. The van der Waals surface area contributed by atoms with E-state index in [0.29, 0.717) is 0 Å². The fourth-order valence-electron chi connectivity index (χ4n) is 6.76. The highest BCUT2D eigenvalue weighted by Crippen LogP contribution is 2.39. The van der Waals surface area contributed by atoms with E-state index >= 15 is 0 Å². The van der Waals surface area contributed by atoms with Crippen LogP contribution in [-0.2, 0) is 7.05 Å². The molecule has 0 aliphatic heterocycles. The highest BCUT2D eigenvalue weighted by atomic mass is 28.3. The Morgan fingerprint density at radius 1 is 0.636 bits per heavy atom. The summed E-state index contributed by atoms with van der Waals surface area (Å²) in [5.41, 5.74) is 11.3. The summed E-state index contributed by atoms with van der Waals surface area (Å²) < 4.78 is 11.2. The van der Waals surface area contributed by atoms with Gasteiger partial charge in [0.1, 0.15) is 18.2 Å². The number of hydrogen-bond donors (Lipinski definition) is 0. The van der Waals surface area contributed by atoms with Gasteiger partial charge >= 0.3 is 0 Å². The van der Waals surface area contributed by atoms with Crippen LogP contribution in [0.25, 0.3) is 71.8 Å². The maximum atomic E-state index is 6.52. The van der Waals surface area contributed by atoms with Gasteiger partial charge in [-0.2, -0.15) is 0 Å². The lowest BCUT2D eigenvalue weighted by Gasteiger charge is -2.17. The molecule has 0 unspecified atom stereocenters. The molecule has 0 aliphatic rings. The smallest absolute Gasteiger partial charge is 0.218 e. The van der Waals surface area contributed by atoms with Crippen LogP contribution in [0, 0.1) is 6.92 Å². The molecule has 0 aliphatic carbocycles. The molecule has 3 nitrogen and oxygen atoms in total. The van der Waals surface area contributed by atoms with E-state index in [2.05, 4.69) is 158 Å². The largest absolute Gasteiger partial charge is 0.455 e. The highest BCUT2D eigenvalue weighted by Gasteiger charge is 2.24. The topological polar surface area (TPSA) is 21.9 Å². The molecule has 0 atom stereocenters. The lowest BCUT2D eigenvalue weighted by molar-refractivity contribution is -0.659. The van der Waals surface area contributed by atoms with Crippen molar-refractivity contribution in [2.24, 2.45) is 7.05 Å². The summed E-state index contributed by atoms with van der Waals surface area (Å²) >= 11 is 0. The summed E-state index contributed by atoms with van der Waals surface area (Å²) in [6, 6.07) is 42.0. The third-order valence-electron chi connectivity index (χ3n) is 9.15. The second kappa shape index (κ2) is 9.80. The Bertz CT molecular complexity index is 2370. The van der Waals surface area contributed by atoms with Crippen LogP contribution in [-0.4, -0.2) is 12.6 Å². The van der Waals surface area contributed by atoms with Gasteiger partial charge in [0.2, 0.25) is 5.69 Å². The zero-order chi connectivity index (χ0) is 30.2. The van der Waals surface area contributed by atoms with Gasteiger partial charge in [-0.1, -0.05) is 110 Å². The minimum atomic E-state index is -1.33. The molecule has 0 bridgehead atoms. The van der Waals surface area contributed by atoms with E-state index in [1.807, 2.05) is 6.07 Å². The molecular formula is C40H35N2OSi+. The molecule has 3 heterocycles. The van der Waals surface area contributed by atoms with E-state index in [9.17, 15) is 0 Å². The first kappa shape index (κ1) is 26.7. The van der Waals surface area contributed by atoms with Gasteiger partial charge in [-0.15, -0.1) is 0 Å². The number of hydrogen-bond acceptors (Lipinski definition) is 1. The van der Waals surface area contributed by atoms with Crippen molar-refractivity contribution in [2.45, 2.75) is 26.6 Å². The molecule has 4 heteroatoms. The lowest BCUT2D eigenvalue weighted by Crippen LogP contribution is -2.37. The van der Waals surface area contributed by atoms with Gasteiger partial charge in [-0.3, -0.25) is 0 Å². The number of aryl methyl sites for hydroxylation is 2. The monoisotopic (exact) mass is 587 g/mol. The van der Waals surface area contributed by atoms with Crippen LogP contribution < -0.4 is 9.75 Å². The van der Waals surface area contributed by atoms with E-state index < -0.39 is 8.07 Å². The molecule has 0 saturated heterocycles. The van der Waals surface area contributed by atoms with Gasteiger partial charge in [-0.25, -0.2) is 4.57 Å². The number of para-hydroxylation sites is 2. The van der Waals surface area contributed by atoms with E-state index in [0.717, 1.165) is 38.9 Å². The van der Waals surface area contributed by atoms with E-state index in [1.165, 1.54) is 43.7 Å². The van der Waals surface area contributed by atoms with Gasteiger partial charge in [-0.05, 0) is 47.9 Å². The summed E-state index contributed by atoms with van der Waals surface area (Å²) in [4.78, 5) is 0. The van der Waals surface area contributed by atoms with Crippen LogP contribution in [0.1, 0.15) is 5.56 Å². The van der Waals surface area contributed by atoms with Gasteiger partial charge in [0.25, 0.3) is 0 Å². The second-order valence-electron chi connectivity index (χ2n) is 13.0. The van der Waals surface area contributed by atoms with Crippen molar-refractivity contribution in [1.82, 2.24) is 4.57 Å². The summed E-state index contributed by atoms with van der Waals surface area (Å²) in [7, 11) is 0.816. The molecule has 214 valence electrons. The first-order valence-electron chi connectivity index (χ1n) is 15.3. The Kier molecular flexibility index (Phi) is 5.94. The van der Waals surface area contributed by atoms with Crippen molar-refractivity contribution >= 4 is 57.0 Å². The molecule has 8 rings (SSSR count). The first-order chi connectivity index (χ1) is 21.3. The number of benzene rings is 5. The molecular weight excluding hydrogens is 553 g/mol. The maximum absolute atomic E-state index is 6.52. The van der Waals surface area contributed by atoms with Crippen molar-refractivity contribution in [3.05, 3.63) is 127 Å². The summed E-state index contributed by atoms with van der Waals surface area (Å²) in [5.74, 6) is 0. The minimum absolute atomic E-state index is 0.919. The Hall–Kier alpha value is -4.93. The van der Waals surface area contributed by atoms with Crippen LogP contribution in [0.2, 0.25) is 19.6 Å². The van der Waals surface area contributed by atoms with Crippen molar-refractivity contribution in [3.8, 4) is 28.1 Å².